The molecule has 1 fully saturated rings. The smallest absolute Gasteiger partial charge is 0.410 e. The van der Waals surface area contributed by atoms with E-state index < -0.39 is 0 Å². The summed E-state index contributed by atoms with van der Waals surface area (Å²) in [5.41, 5.74) is 2.37. The molecule has 0 bridgehead atoms. The summed E-state index contributed by atoms with van der Waals surface area (Å²) in [5, 5.41) is 0. The van der Waals surface area contributed by atoms with E-state index in [1.807, 2.05) is 24.8 Å². The minimum atomic E-state index is -0.196. The van der Waals surface area contributed by atoms with Crippen LogP contribution in [0.1, 0.15) is 37.8 Å². The monoisotopic (exact) mass is 320 g/mol. The second kappa shape index (κ2) is 6.87. The van der Waals surface area contributed by atoms with Crippen molar-refractivity contribution < 1.29 is 13.9 Å². The van der Waals surface area contributed by atoms with E-state index >= 15 is 0 Å². The zero-order chi connectivity index (χ0) is 16.4. The highest BCUT2D eigenvalue weighted by atomic mass is 19.1. The van der Waals surface area contributed by atoms with Crippen LogP contribution in [0, 0.1) is 5.82 Å². The quantitative estimate of drug-likeness (QED) is 0.839. The SMILES string of the molecule is CC(C)OC(=O)N1CCC(N2CCc3cc(F)ccc3C2)CC1. The summed E-state index contributed by atoms with van der Waals surface area (Å²) < 4.78 is 18.6. The third-order valence-corrected chi connectivity index (χ3v) is 4.79. The van der Waals surface area contributed by atoms with Gasteiger partial charge in [0.05, 0.1) is 6.10 Å². The Morgan fingerprint density at radius 2 is 1.96 bits per heavy atom. The largest absolute Gasteiger partial charge is 0.447 e. The second-order valence-corrected chi connectivity index (χ2v) is 6.78. The summed E-state index contributed by atoms with van der Waals surface area (Å²) in [4.78, 5) is 16.2. The summed E-state index contributed by atoms with van der Waals surface area (Å²) >= 11 is 0. The van der Waals surface area contributed by atoms with Gasteiger partial charge in [0, 0.05) is 32.2 Å². The Morgan fingerprint density at radius 3 is 2.65 bits per heavy atom. The van der Waals surface area contributed by atoms with E-state index in [0.29, 0.717) is 6.04 Å². The normalized spacial score (nSPS) is 19.7. The number of rotatable bonds is 2. The number of carbonyl (C=O) groups excluding carboxylic acids is 1. The number of ether oxygens (including phenoxy) is 1. The molecule has 2 heterocycles. The molecule has 2 aliphatic heterocycles. The Labute approximate surface area is 137 Å². The van der Waals surface area contributed by atoms with E-state index in [1.54, 1.807) is 12.1 Å². The third kappa shape index (κ3) is 3.83. The number of piperidine rings is 1. The lowest BCUT2D eigenvalue weighted by Gasteiger charge is -2.40. The lowest BCUT2D eigenvalue weighted by atomic mass is 9.95. The first-order valence-corrected chi connectivity index (χ1v) is 8.50. The van der Waals surface area contributed by atoms with Crippen LogP contribution in [0.3, 0.4) is 0 Å². The molecule has 0 saturated carbocycles. The van der Waals surface area contributed by atoms with E-state index in [9.17, 15) is 9.18 Å². The molecule has 4 nitrogen and oxygen atoms in total. The van der Waals surface area contributed by atoms with E-state index in [-0.39, 0.29) is 18.0 Å². The van der Waals surface area contributed by atoms with Crippen LogP contribution in [-0.2, 0) is 17.7 Å². The van der Waals surface area contributed by atoms with Crippen LogP contribution < -0.4 is 0 Å². The zero-order valence-electron chi connectivity index (χ0n) is 13.9. The van der Waals surface area contributed by atoms with Gasteiger partial charge >= 0.3 is 6.09 Å². The van der Waals surface area contributed by atoms with Gasteiger partial charge < -0.3 is 9.64 Å². The van der Waals surface area contributed by atoms with Crippen molar-refractivity contribution in [1.82, 2.24) is 9.80 Å². The number of benzene rings is 1. The number of hydrogen-bond acceptors (Lipinski definition) is 3. The minimum absolute atomic E-state index is 0.0702. The van der Waals surface area contributed by atoms with Crippen LogP contribution in [0.25, 0.3) is 0 Å². The van der Waals surface area contributed by atoms with Gasteiger partial charge in [0.1, 0.15) is 5.82 Å². The van der Waals surface area contributed by atoms with Gasteiger partial charge in [0.2, 0.25) is 0 Å². The van der Waals surface area contributed by atoms with E-state index in [2.05, 4.69) is 4.90 Å². The van der Waals surface area contributed by atoms with Gasteiger partial charge in [-0.1, -0.05) is 6.07 Å². The minimum Gasteiger partial charge on any atom is -0.447 e. The fourth-order valence-electron chi connectivity index (χ4n) is 3.54. The fourth-order valence-corrected chi connectivity index (χ4v) is 3.54. The topological polar surface area (TPSA) is 32.8 Å². The predicted octanol–water partition coefficient (Wildman–Crippen LogP) is 3.19. The van der Waals surface area contributed by atoms with E-state index in [1.165, 1.54) is 5.56 Å². The van der Waals surface area contributed by atoms with Gasteiger partial charge in [-0.05, 0) is 56.4 Å². The Bertz CT molecular complexity index is 568. The van der Waals surface area contributed by atoms with Crippen LogP contribution in [-0.4, -0.2) is 47.7 Å². The Balaban J connectivity index is 1.55. The van der Waals surface area contributed by atoms with Crippen molar-refractivity contribution in [3.05, 3.63) is 35.1 Å². The van der Waals surface area contributed by atoms with Crippen LogP contribution in [0.4, 0.5) is 9.18 Å². The molecule has 0 aliphatic carbocycles. The maximum atomic E-state index is 13.3. The molecule has 3 rings (SSSR count). The van der Waals surface area contributed by atoms with E-state index in [4.69, 9.17) is 4.74 Å². The highest BCUT2D eigenvalue weighted by Gasteiger charge is 2.29. The Morgan fingerprint density at radius 1 is 1.22 bits per heavy atom. The van der Waals surface area contributed by atoms with Gasteiger partial charge in [0.25, 0.3) is 0 Å². The maximum Gasteiger partial charge on any atom is 0.410 e. The van der Waals surface area contributed by atoms with Gasteiger partial charge in [-0.2, -0.15) is 0 Å². The highest BCUT2D eigenvalue weighted by molar-refractivity contribution is 5.67. The van der Waals surface area contributed by atoms with Crippen LogP contribution in [0.5, 0.6) is 0 Å². The lowest BCUT2D eigenvalue weighted by Crippen LogP contribution is -2.48. The maximum absolute atomic E-state index is 13.3. The van der Waals surface area contributed by atoms with Crippen molar-refractivity contribution >= 4 is 6.09 Å². The molecule has 126 valence electrons. The Kier molecular flexibility index (Phi) is 4.85. The van der Waals surface area contributed by atoms with Gasteiger partial charge in [-0.25, -0.2) is 9.18 Å². The molecule has 1 amide bonds. The first-order chi connectivity index (χ1) is 11.0. The fraction of sp³-hybridized carbons (Fsp3) is 0.611. The average Bonchev–Trinajstić information content (AvgIpc) is 2.54. The van der Waals surface area contributed by atoms with Crippen molar-refractivity contribution in [2.45, 2.75) is 51.8 Å². The van der Waals surface area contributed by atoms with Gasteiger partial charge in [0.15, 0.2) is 0 Å². The van der Waals surface area contributed by atoms with E-state index in [0.717, 1.165) is 51.0 Å². The summed E-state index contributed by atoms with van der Waals surface area (Å²) in [6.45, 7) is 7.11. The number of halogens is 1. The van der Waals surface area contributed by atoms with Crippen molar-refractivity contribution in [3.63, 3.8) is 0 Å². The van der Waals surface area contributed by atoms with Crippen LogP contribution >= 0.6 is 0 Å². The predicted molar refractivity (Wildman–Crippen MR) is 86.7 cm³/mol. The molecule has 2 aliphatic rings. The standard InChI is InChI=1S/C18H25FN2O2/c1-13(2)23-18(22)20-9-6-17(7-10-20)21-8-5-14-11-16(19)4-3-15(14)12-21/h3-4,11,13,17H,5-10,12H2,1-2H3. The molecule has 23 heavy (non-hydrogen) atoms. The van der Waals surface area contributed by atoms with Crippen molar-refractivity contribution in [1.29, 1.82) is 0 Å². The Hall–Kier alpha value is -1.62. The number of carbonyl (C=O) groups is 1. The average molecular weight is 320 g/mol. The molecule has 5 heteroatoms. The van der Waals surface area contributed by atoms with Crippen LogP contribution in [0.2, 0.25) is 0 Å². The third-order valence-electron chi connectivity index (χ3n) is 4.79. The molecule has 1 aromatic rings. The summed E-state index contributed by atoms with van der Waals surface area (Å²) in [5.74, 6) is -0.144. The van der Waals surface area contributed by atoms with Crippen LogP contribution in [0.15, 0.2) is 18.2 Å². The zero-order valence-corrected chi connectivity index (χ0v) is 13.9. The molecule has 0 radical (unpaired) electrons. The first-order valence-electron chi connectivity index (χ1n) is 8.50. The second-order valence-electron chi connectivity index (χ2n) is 6.78. The van der Waals surface area contributed by atoms with Gasteiger partial charge in [-0.3, -0.25) is 4.90 Å². The summed E-state index contributed by atoms with van der Waals surface area (Å²) in [6, 6.07) is 5.62. The first kappa shape index (κ1) is 16.2. The molecule has 0 unspecified atom stereocenters. The van der Waals surface area contributed by atoms with Crippen molar-refractivity contribution in [2.75, 3.05) is 19.6 Å². The highest BCUT2D eigenvalue weighted by Crippen LogP contribution is 2.25. The molecule has 0 N–H and O–H groups in total. The molecule has 0 aromatic heterocycles. The lowest BCUT2D eigenvalue weighted by molar-refractivity contribution is 0.0524. The van der Waals surface area contributed by atoms with Gasteiger partial charge in [-0.15, -0.1) is 0 Å². The molecular formula is C18H25FN2O2. The summed E-state index contributed by atoms with van der Waals surface area (Å²) in [7, 11) is 0. The molecular weight excluding hydrogens is 295 g/mol. The number of fused-ring (bicyclic) bond motifs is 1. The molecule has 1 aromatic carbocycles. The number of nitrogens with zero attached hydrogens (tertiary/aromatic N) is 2. The number of hydrogen-bond donors (Lipinski definition) is 0. The molecule has 0 atom stereocenters. The number of likely N-dealkylation sites (tertiary alicyclic amines) is 1. The van der Waals surface area contributed by atoms with Crippen molar-refractivity contribution in [3.8, 4) is 0 Å². The number of amides is 1. The molecule has 0 spiro atoms. The molecule has 1 saturated heterocycles. The van der Waals surface area contributed by atoms with Crippen molar-refractivity contribution in [2.24, 2.45) is 0 Å². The summed E-state index contributed by atoms with van der Waals surface area (Å²) in [6.07, 6.45) is 2.59.